The molecule has 2 aromatic heterocycles. The van der Waals surface area contributed by atoms with E-state index in [1.165, 1.54) is 17.0 Å². The van der Waals surface area contributed by atoms with Crippen molar-refractivity contribution in [1.82, 2.24) is 19.7 Å². The first kappa shape index (κ1) is 19.5. The highest BCUT2D eigenvalue weighted by Gasteiger charge is 2.16. The van der Waals surface area contributed by atoms with Crippen molar-refractivity contribution in [3.05, 3.63) is 41.4 Å². The van der Waals surface area contributed by atoms with E-state index in [1.54, 1.807) is 0 Å². The highest BCUT2D eigenvalue weighted by molar-refractivity contribution is 7.14. The molecule has 7 nitrogen and oxygen atoms in total. The molecule has 0 saturated carbocycles. The second kappa shape index (κ2) is 8.18. The van der Waals surface area contributed by atoms with E-state index in [4.69, 9.17) is 10.8 Å². The van der Waals surface area contributed by atoms with Gasteiger partial charge in [0.25, 0.3) is 0 Å². The monoisotopic (exact) mass is 404 g/mol. The third-order valence-corrected chi connectivity index (χ3v) is 5.14. The summed E-state index contributed by atoms with van der Waals surface area (Å²) in [6.07, 6.45) is 0. The van der Waals surface area contributed by atoms with Crippen LogP contribution in [0.3, 0.4) is 0 Å². The number of likely N-dealkylation sites (N-methyl/N-ethyl adjacent to an activating group) is 1. The maximum atomic E-state index is 11.4. The first-order chi connectivity index (χ1) is 12.6. The van der Waals surface area contributed by atoms with Crippen molar-refractivity contribution in [3.8, 4) is 22.5 Å². The molecule has 0 saturated heterocycles. The SMILES string of the molecule is CN1CCn2nc(-c3cccc(-c4csc(NC(=O)CN)n4)c3)cc2C1.Cl. The van der Waals surface area contributed by atoms with Gasteiger partial charge in [-0.3, -0.25) is 14.4 Å². The first-order valence-corrected chi connectivity index (χ1v) is 9.32. The van der Waals surface area contributed by atoms with Crippen LogP contribution in [-0.2, 0) is 17.9 Å². The lowest BCUT2D eigenvalue weighted by Crippen LogP contribution is -2.30. The fourth-order valence-electron chi connectivity index (χ4n) is 3.01. The minimum absolute atomic E-state index is 0. The lowest BCUT2D eigenvalue weighted by molar-refractivity contribution is -0.114. The van der Waals surface area contributed by atoms with Crippen LogP contribution in [0.15, 0.2) is 35.7 Å². The molecular weight excluding hydrogens is 384 g/mol. The van der Waals surface area contributed by atoms with E-state index in [1.807, 2.05) is 17.5 Å². The number of carbonyl (C=O) groups is 1. The topological polar surface area (TPSA) is 89.1 Å². The second-order valence-electron chi connectivity index (χ2n) is 6.35. The number of rotatable bonds is 4. The van der Waals surface area contributed by atoms with Crippen LogP contribution < -0.4 is 11.1 Å². The molecule has 3 aromatic rings. The van der Waals surface area contributed by atoms with E-state index < -0.39 is 0 Å². The lowest BCUT2D eigenvalue weighted by atomic mass is 10.1. The van der Waals surface area contributed by atoms with Gasteiger partial charge in [0.1, 0.15) is 0 Å². The molecule has 1 aliphatic heterocycles. The summed E-state index contributed by atoms with van der Waals surface area (Å²) in [5, 5.41) is 9.92. The summed E-state index contributed by atoms with van der Waals surface area (Å²) in [6, 6.07) is 10.3. The smallest absolute Gasteiger partial charge is 0.239 e. The number of aromatic nitrogens is 3. The van der Waals surface area contributed by atoms with Gasteiger partial charge >= 0.3 is 0 Å². The van der Waals surface area contributed by atoms with Crippen LogP contribution >= 0.6 is 23.7 Å². The zero-order valence-electron chi connectivity index (χ0n) is 14.9. The summed E-state index contributed by atoms with van der Waals surface area (Å²) in [6.45, 7) is 2.81. The standard InChI is InChI=1S/C18H20N6OS.ClH/c1-23-5-6-24-14(10-23)8-15(22-24)12-3-2-4-13(7-12)16-11-26-18(20-16)21-17(25)9-19;/h2-4,7-8,11H,5-6,9-10,19H2,1H3,(H,20,21,25);1H. The van der Waals surface area contributed by atoms with Gasteiger partial charge < -0.3 is 11.1 Å². The quantitative estimate of drug-likeness (QED) is 0.697. The molecular formula is C18H21ClN6OS. The third kappa shape index (κ3) is 4.19. The molecule has 0 aliphatic carbocycles. The van der Waals surface area contributed by atoms with Crippen LogP contribution in [0, 0.1) is 0 Å². The molecule has 0 bridgehead atoms. The Hall–Kier alpha value is -2.26. The van der Waals surface area contributed by atoms with Gasteiger partial charge in [-0.25, -0.2) is 4.98 Å². The summed E-state index contributed by atoms with van der Waals surface area (Å²) in [5.74, 6) is -0.242. The van der Waals surface area contributed by atoms with Gasteiger partial charge in [-0.1, -0.05) is 18.2 Å². The molecule has 27 heavy (non-hydrogen) atoms. The maximum Gasteiger partial charge on any atom is 0.239 e. The molecule has 142 valence electrons. The van der Waals surface area contributed by atoms with Crippen LogP contribution in [0.1, 0.15) is 5.69 Å². The molecule has 1 aromatic carbocycles. The Morgan fingerprint density at radius 3 is 2.81 bits per heavy atom. The number of carbonyl (C=O) groups excluding carboxylic acids is 1. The zero-order valence-corrected chi connectivity index (χ0v) is 16.5. The second-order valence-corrected chi connectivity index (χ2v) is 7.21. The van der Waals surface area contributed by atoms with E-state index in [0.29, 0.717) is 5.13 Å². The minimum atomic E-state index is -0.242. The average Bonchev–Trinajstić information content (AvgIpc) is 3.28. The Kier molecular flexibility index (Phi) is 5.91. The van der Waals surface area contributed by atoms with Crippen LogP contribution in [0.4, 0.5) is 5.13 Å². The van der Waals surface area contributed by atoms with Crippen molar-refractivity contribution in [3.63, 3.8) is 0 Å². The highest BCUT2D eigenvalue weighted by Crippen LogP contribution is 2.29. The van der Waals surface area contributed by atoms with Crippen molar-refractivity contribution in [2.45, 2.75) is 13.1 Å². The number of halogens is 1. The van der Waals surface area contributed by atoms with Gasteiger partial charge in [0.15, 0.2) is 5.13 Å². The summed E-state index contributed by atoms with van der Waals surface area (Å²) < 4.78 is 2.09. The molecule has 1 aliphatic rings. The minimum Gasteiger partial charge on any atom is -0.322 e. The third-order valence-electron chi connectivity index (χ3n) is 4.38. The number of nitrogens with two attached hydrogens (primary N) is 1. The number of anilines is 1. The number of amides is 1. The van der Waals surface area contributed by atoms with Crippen molar-refractivity contribution in [2.75, 3.05) is 25.5 Å². The molecule has 1 amide bonds. The first-order valence-electron chi connectivity index (χ1n) is 8.44. The summed E-state index contributed by atoms with van der Waals surface area (Å²) in [5.41, 5.74) is 10.4. The Labute approximate surface area is 167 Å². The van der Waals surface area contributed by atoms with Crippen molar-refractivity contribution >= 4 is 34.8 Å². The predicted molar refractivity (Wildman–Crippen MR) is 110 cm³/mol. The molecule has 0 fully saturated rings. The summed E-state index contributed by atoms with van der Waals surface area (Å²) >= 11 is 1.39. The Balaban J connectivity index is 0.00000210. The van der Waals surface area contributed by atoms with Crippen LogP contribution in [0.2, 0.25) is 0 Å². The van der Waals surface area contributed by atoms with Crippen molar-refractivity contribution in [1.29, 1.82) is 0 Å². The van der Waals surface area contributed by atoms with Crippen molar-refractivity contribution < 1.29 is 4.79 Å². The number of hydrogen-bond donors (Lipinski definition) is 2. The van der Waals surface area contributed by atoms with E-state index in [0.717, 1.165) is 42.1 Å². The van der Waals surface area contributed by atoms with E-state index >= 15 is 0 Å². The highest BCUT2D eigenvalue weighted by atomic mass is 35.5. The number of hydrogen-bond acceptors (Lipinski definition) is 6. The summed E-state index contributed by atoms with van der Waals surface area (Å²) in [7, 11) is 2.13. The normalized spacial score (nSPS) is 13.7. The molecule has 4 rings (SSSR count). The van der Waals surface area contributed by atoms with Crippen LogP contribution in [-0.4, -0.2) is 45.7 Å². The zero-order chi connectivity index (χ0) is 18.1. The Morgan fingerprint density at radius 2 is 2.04 bits per heavy atom. The Morgan fingerprint density at radius 1 is 1.26 bits per heavy atom. The number of benzene rings is 1. The predicted octanol–water partition coefficient (Wildman–Crippen LogP) is 2.44. The number of thiazole rings is 1. The van der Waals surface area contributed by atoms with Crippen molar-refractivity contribution in [2.24, 2.45) is 5.73 Å². The van der Waals surface area contributed by atoms with E-state index in [9.17, 15) is 4.79 Å². The van der Waals surface area contributed by atoms with Gasteiger partial charge in [-0.05, 0) is 19.2 Å². The van der Waals surface area contributed by atoms with Gasteiger partial charge in [0.05, 0.1) is 30.2 Å². The molecule has 0 atom stereocenters. The number of fused-ring (bicyclic) bond motifs is 1. The largest absolute Gasteiger partial charge is 0.322 e. The molecule has 0 radical (unpaired) electrons. The van der Waals surface area contributed by atoms with E-state index in [-0.39, 0.29) is 24.9 Å². The molecule has 3 heterocycles. The fourth-order valence-corrected chi connectivity index (χ4v) is 3.75. The Bertz CT molecular complexity index is 953. The van der Waals surface area contributed by atoms with Crippen LogP contribution in [0.5, 0.6) is 0 Å². The lowest BCUT2D eigenvalue weighted by Gasteiger charge is -2.22. The molecule has 0 spiro atoms. The molecule has 3 N–H and O–H groups in total. The van der Waals surface area contributed by atoms with Gasteiger partial charge in [-0.15, -0.1) is 23.7 Å². The molecule has 0 unspecified atom stereocenters. The number of nitrogens with one attached hydrogen (secondary N) is 1. The van der Waals surface area contributed by atoms with Crippen LogP contribution in [0.25, 0.3) is 22.5 Å². The van der Waals surface area contributed by atoms with Gasteiger partial charge in [-0.2, -0.15) is 5.10 Å². The fraction of sp³-hybridized carbons (Fsp3) is 0.278. The average molecular weight is 405 g/mol. The number of nitrogens with zero attached hydrogens (tertiary/aromatic N) is 4. The van der Waals surface area contributed by atoms with Gasteiger partial charge in [0, 0.05) is 29.6 Å². The van der Waals surface area contributed by atoms with Gasteiger partial charge in [0.2, 0.25) is 5.91 Å². The maximum absolute atomic E-state index is 11.4. The van der Waals surface area contributed by atoms with E-state index in [2.05, 4.69) is 45.1 Å². The molecule has 9 heteroatoms. The summed E-state index contributed by atoms with van der Waals surface area (Å²) in [4.78, 5) is 18.2.